The Kier molecular flexibility index (Phi) is 5.37. The van der Waals surface area contributed by atoms with Crippen LogP contribution < -0.4 is 14.5 Å². The summed E-state index contributed by atoms with van der Waals surface area (Å²) in [5.41, 5.74) is 8.83. The molecule has 2 aliphatic heterocycles. The molecular weight excluding hydrogens is 418 g/mol. The average Bonchev–Trinajstić information content (AvgIpc) is 3.33. The highest BCUT2D eigenvalue weighted by atomic mass is 16.5. The highest BCUT2D eigenvalue weighted by molar-refractivity contribution is 5.80. The number of benzene rings is 3. The van der Waals surface area contributed by atoms with Crippen LogP contribution in [0.15, 0.2) is 72.8 Å². The number of rotatable bonds is 3. The molecule has 1 atom stereocenters. The number of nitrogens with zero attached hydrogens (tertiary/aromatic N) is 3. The van der Waals surface area contributed by atoms with Crippen LogP contribution in [0.3, 0.4) is 0 Å². The molecule has 2 aliphatic rings. The van der Waals surface area contributed by atoms with Gasteiger partial charge in [0.15, 0.2) is 0 Å². The summed E-state index contributed by atoms with van der Waals surface area (Å²) in [6.45, 7) is 4.91. The van der Waals surface area contributed by atoms with E-state index in [-0.39, 0.29) is 0 Å². The number of aryl methyl sites for hydroxylation is 1. The second-order valence-corrected chi connectivity index (χ2v) is 9.68. The molecule has 3 heterocycles. The van der Waals surface area contributed by atoms with Crippen molar-refractivity contribution in [1.29, 1.82) is 0 Å². The Morgan fingerprint density at radius 3 is 2.68 bits per heavy atom. The van der Waals surface area contributed by atoms with E-state index in [1.165, 1.54) is 52.0 Å². The van der Waals surface area contributed by atoms with Crippen LogP contribution in [0.2, 0.25) is 0 Å². The van der Waals surface area contributed by atoms with Crippen LogP contribution in [-0.4, -0.2) is 24.7 Å². The molecule has 1 saturated heterocycles. The highest BCUT2D eigenvalue weighted by Gasteiger charge is 2.31. The van der Waals surface area contributed by atoms with Gasteiger partial charge in [-0.2, -0.15) is 0 Å². The number of pyridine rings is 1. The minimum absolute atomic E-state index is 0.456. The van der Waals surface area contributed by atoms with E-state index in [9.17, 15) is 0 Å². The second-order valence-electron chi connectivity index (χ2n) is 9.68. The molecule has 4 aromatic rings. The first kappa shape index (κ1) is 21.0. The quantitative estimate of drug-likeness (QED) is 0.368. The Balaban J connectivity index is 1.52. The van der Waals surface area contributed by atoms with Gasteiger partial charge in [-0.3, -0.25) is 4.98 Å². The first-order chi connectivity index (χ1) is 16.7. The van der Waals surface area contributed by atoms with Crippen LogP contribution in [-0.2, 0) is 19.5 Å². The Morgan fingerprint density at radius 2 is 1.82 bits per heavy atom. The van der Waals surface area contributed by atoms with Crippen LogP contribution in [0.1, 0.15) is 35.2 Å². The van der Waals surface area contributed by atoms with Crippen molar-refractivity contribution >= 4 is 22.3 Å². The van der Waals surface area contributed by atoms with E-state index < -0.39 is 0 Å². The summed E-state index contributed by atoms with van der Waals surface area (Å²) in [7, 11) is 1.76. The number of aromatic nitrogens is 1. The monoisotopic (exact) mass is 449 g/mol. The molecule has 172 valence electrons. The standard InChI is InChI=1S/C30H31N3O/c1-21-9-11-22(12-10-21)19-32-20-24-16-23-6-3-4-8-27(23)31-28(24)17-25-7-5-15-33(25)30-18-26(34-2)13-14-29(30)32/h3-4,6,8-14,16,18,25H,5,7,15,17,19-20H2,1-2H3. The number of anilines is 2. The lowest BCUT2D eigenvalue weighted by Gasteiger charge is -2.32. The van der Waals surface area contributed by atoms with Gasteiger partial charge >= 0.3 is 0 Å². The molecule has 0 saturated carbocycles. The SMILES string of the molecule is COc1ccc2c(c1)N1CCCC1Cc1nc3ccccc3cc1CN2Cc1ccc(C)cc1. The van der Waals surface area contributed by atoms with Crippen LogP contribution in [0.25, 0.3) is 10.9 Å². The number of hydrogen-bond donors (Lipinski definition) is 0. The van der Waals surface area contributed by atoms with Gasteiger partial charge in [0.2, 0.25) is 0 Å². The summed E-state index contributed by atoms with van der Waals surface area (Å²) in [6.07, 6.45) is 3.39. The van der Waals surface area contributed by atoms with E-state index in [4.69, 9.17) is 9.72 Å². The van der Waals surface area contributed by atoms with Gasteiger partial charge < -0.3 is 14.5 Å². The zero-order valence-corrected chi connectivity index (χ0v) is 20.0. The Hall–Kier alpha value is -3.53. The van der Waals surface area contributed by atoms with Gasteiger partial charge in [-0.15, -0.1) is 0 Å². The van der Waals surface area contributed by atoms with Crippen molar-refractivity contribution in [1.82, 2.24) is 4.98 Å². The zero-order chi connectivity index (χ0) is 23.1. The van der Waals surface area contributed by atoms with Crippen molar-refractivity contribution in [3.05, 3.63) is 95.2 Å². The van der Waals surface area contributed by atoms with E-state index in [0.717, 1.165) is 37.3 Å². The lowest BCUT2D eigenvalue weighted by molar-refractivity contribution is 0.414. The highest BCUT2D eigenvalue weighted by Crippen LogP contribution is 2.41. The van der Waals surface area contributed by atoms with Crippen molar-refractivity contribution in [2.75, 3.05) is 23.5 Å². The van der Waals surface area contributed by atoms with Crippen LogP contribution >= 0.6 is 0 Å². The van der Waals surface area contributed by atoms with Crippen molar-refractivity contribution in [2.24, 2.45) is 0 Å². The molecule has 34 heavy (non-hydrogen) atoms. The van der Waals surface area contributed by atoms with Crippen LogP contribution in [0.4, 0.5) is 11.4 Å². The van der Waals surface area contributed by atoms with Crippen molar-refractivity contribution in [3.63, 3.8) is 0 Å². The van der Waals surface area contributed by atoms with Gasteiger partial charge in [0.05, 0.1) is 24.0 Å². The zero-order valence-electron chi connectivity index (χ0n) is 20.0. The van der Waals surface area contributed by atoms with Gasteiger partial charge in [-0.05, 0) is 55.2 Å². The molecule has 1 unspecified atom stereocenters. The number of fused-ring (bicyclic) bond motifs is 5. The summed E-state index contributed by atoms with van der Waals surface area (Å²) < 4.78 is 5.66. The molecule has 4 nitrogen and oxygen atoms in total. The van der Waals surface area contributed by atoms with Gasteiger partial charge in [-0.1, -0.05) is 48.0 Å². The van der Waals surface area contributed by atoms with E-state index >= 15 is 0 Å². The fourth-order valence-corrected chi connectivity index (χ4v) is 5.57. The summed E-state index contributed by atoms with van der Waals surface area (Å²) in [4.78, 5) is 10.3. The lowest BCUT2D eigenvalue weighted by Crippen LogP contribution is -2.32. The lowest BCUT2D eigenvalue weighted by atomic mass is 10.0. The Morgan fingerprint density at radius 1 is 0.971 bits per heavy atom. The molecule has 1 fully saturated rings. The maximum atomic E-state index is 5.66. The predicted molar refractivity (Wildman–Crippen MR) is 140 cm³/mol. The molecule has 0 N–H and O–H groups in total. The van der Waals surface area contributed by atoms with E-state index in [2.05, 4.69) is 89.5 Å². The molecule has 4 heteroatoms. The first-order valence-corrected chi connectivity index (χ1v) is 12.3. The average molecular weight is 450 g/mol. The molecule has 0 aliphatic carbocycles. The molecule has 0 spiro atoms. The van der Waals surface area contributed by atoms with Gasteiger partial charge in [0, 0.05) is 49.2 Å². The molecule has 0 bridgehead atoms. The summed E-state index contributed by atoms with van der Waals surface area (Å²) in [5.74, 6) is 0.917. The minimum atomic E-state index is 0.456. The molecular formula is C30H31N3O. The molecule has 3 aromatic carbocycles. The largest absolute Gasteiger partial charge is 0.497 e. The van der Waals surface area contributed by atoms with Crippen molar-refractivity contribution in [3.8, 4) is 5.75 Å². The first-order valence-electron chi connectivity index (χ1n) is 12.3. The van der Waals surface area contributed by atoms with Gasteiger partial charge in [-0.25, -0.2) is 0 Å². The third-order valence-corrected chi connectivity index (χ3v) is 7.39. The Labute approximate surface area is 201 Å². The van der Waals surface area contributed by atoms with Crippen LogP contribution in [0, 0.1) is 6.92 Å². The molecule has 0 radical (unpaired) electrons. The fourth-order valence-electron chi connectivity index (χ4n) is 5.57. The number of methoxy groups -OCH3 is 1. The predicted octanol–water partition coefficient (Wildman–Crippen LogP) is 6.28. The number of para-hydroxylation sites is 1. The van der Waals surface area contributed by atoms with E-state index in [0.29, 0.717) is 6.04 Å². The maximum Gasteiger partial charge on any atom is 0.121 e. The number of hydrogen-bond acceptors (Lipinski definition) is 4. The molecule has 1 aromatic heterocycles. The van der Waals surface area contributed by atoms with Crippen molar-refractivity contribution in [2.45, 2.75) is 45.3 Å². The Bertz CT molecular complexity index is 1330. The maximum absolute atomic E-state index is 5.66. The van der Waals surface area contributed by atoms with E-state index in [1.54, 1.807) is 7.11 Å². The fraction of sp³-hybridized carbons (Fsp3) is 0.300. The topological polar surface area (TPSA) is 28.6 Å². The summed E-state index contributed by atoms with van der Waals surface area (Å²) >= 11 is 0. The minimum Gasteiger partial charge on any atom is -0.497 e. The van der Waals surface area contributed by atoms with Gasteiger partial charge in [0.1, 0.15) is 5.75 Å². The van der Waals surface area contributed by atoms with Crippen molar-refractivity contribution < 1.29 is 4.74 Å². The third kappa shape index (κ3) is 3.87. The number of ether oxygens (including phenoxy) is 1. The smallest absolute Gasteiger partial charge is 0.121 e. The molecule has 6 rings (SSSR count). The third-order valence-electron chi connectivity index (χ3n) is 7.39. The molecule has 0 amide bonds. The summed E-state index contributed by atoms with van der Waals surface area (Å²) in [5, 5.41) is 1.22. The normalized spacial score (nSPS) is 17.4. The van der Waals surface area contributed by atoms with Crippen LogP contribution in [0.5, 0.6) is 5.75 Å². The second kappa shape index (κ2) is 8.68. The van der Waals surface area contributed by atoms with E-state index in [1.807, 2.05) is 0 Å². The van der Waals surface area contributed by atoms with Gasteiger partial charge in [0.25, 0.3) is 0 Å². The summed E-state index contributed by atoms with van der Waals surface area (Å²) in [6, 6.07) is 26.8.